The highest BCUT2D eigenvalue weighted by Crippen LogP contribution is 2.35. The van der Waals surface area contributed by atoms with Gasteiger partial charge in [-0.2, -0.15) is 11.3 Å². The zero-order valence-corrected chi connectivity index (χ0v) is 16.5. The van der Waals surface area contributed by atoms with Crippen LogP contribution in [0.4, 0.5) is 0 Å². The Balaban J connectivity index is 1.49. The lowest BCUT2D eigenvalue weighted by Crippen LogP contribution is -2.52. The highest BCUT2D eigenvalue weighted by molar-refractivity contribution is 7.08. The first-order valence-electron chi connectivity index (χ1n) is 9.35. The van der Waals surface area contributed by atoms with Crippen LogP contribution in [0.3, 0.4) is 0 Å². The number of nitrogens with one attached hydrogen (secondary N) is 1. The molecular formula is C21H18N4O3S. The molecule has 5 rings (SSSR count). The molecule has 1 aromatic carbocycles. The third-order valence-corrected chi connectivity index (χ3v) is 6.21. The van der Waals surface area contributed by atoms with Gasteiger partial charge in [-0.3, -0.25) is 19.7 Å². The first kappa shape index (κ1) is 17.8. The van der Waals surface area contributed by atoms with Gasteiger partial charge in [0.2, 0.25) is 11.8 Å². The van der Waals surface area contributed by atoms with Gasteiger partial charge in [-0.15, -0.1) is 0 Å². The molecule has 1 N–H and O–H groups in total. The van der Waals surface area contributed by atoms with Gasteiger partial charge in [0, 0.05) is 42.1 Å². The molecule has 4 heterocycles. The summed E-state index contributed by atoms with van der Waals surface area (Å²) in [6.45, 7) is 0.356. The highest BCUT2D eigenvalue weighted by atomic mass is 32.1. The molecule has 29 heavy (non-hydrogen) atoms. The number of fused-ring (bicyclic) bond motifs is 1. The van der Waals surface area contributed by atoms with Crippen LogP contribution in [0.1, 0.15) is 28.8 Å². The van der Waals surface area contributed by atoms with Crippen molar-refractivity contribution in [1.29, 1.82) is 0 Å². The smallest absolute Gasteiger partial charge is 0.255 e. The molecule has 2 aliphatic rings. The monoisotopic (exact) mass is 406 g/mol. The first-order chi connectivity index (χ1) is 14.0. The topological polar surface area (TPSA) is 84.3 Å². The maximum atomic E-state index is 12.9. The minimum Gasteiger partial charge on any atom is -0.333 e. The number of carbonyl (C=O) groups is 3. The van der Waals surface area contributed by atoms with Gasteiger partial charge >= 0.3 is 0 Å². The van der Waals surface area contributed by atoms with Crippen molar-refractivity contribution in [1.82, 2.24) is 19.8 Å². The average molecular weight is 406 g/mol. The van der Waals surface area contributed by atoms with Gasteiger partial charge in [0.1, 0.15) is 6.04 Å². The van der Waals surface area contributed by atoms with Gasteiger partial charge in [0.25, 0.3) is 5.91 Å². The SMILES string of the molecule is Cn1cnc(-c2ccc3c(c2)CN(C2CCC(=O)NC2=O)C3=O)c1-c1ccsc1. The number of imidazole rings is 1. The molecule has 0 bridgehead atoms. The van der Waals surface area contributed by atoms with Gasteiger partial charge in [-0.25, -0.2) is 4.98 Å². The van der Waals surface area contributed by atoms with E-state index in [0.717, 1.165) is 28.1 Å². The lowest BCUT2D eigenvalue weighted by Gasteiger charge is -2.29. The molecular weight excluding hydrogens is 388 g/mol. The molecule has 8 heteroatoms. The Morgan fingerprint density at radius 3 is 2.79 bits per heavy atom. The summed E-state index contributed by atoms with van der Waals surface area (Å²) >= 11 is 1.63. The van der Waals surface area contributed by atoms with E-state index in [-0.39, 0.29) is 18.2 Å². The normalized spacial score (nSPS) is 18.9. The minimum absolute atomic E-state index is 0.167. The van der Waals surface area contributed by atoms with Crippen LogP contribution in [-0.2, 0) is 23.2 Å². The van der Waals surface area contributed by atoms with Crippen LogP contribution in [0.5, 0.6) is 0 Å². The number of aromatic nitrogens is 2. The standard InChI is InChI=1S/C21H18N4O3S/c1-24-11-22-18(19(24)13-6-7-29-10-13)12-2-3-15-14(8-12)9-25(21(15)28)16-4-5-17(26)23-20(16)27/h2-3,6-8,10-11,16H,4-5,9H2,1H3,(H,23,26,27). The summed E-state index contributed by atoms with van der Waals surface area (Å²) < 4.78 is 1.99. The second-order valence-electron chi connectivity index (χ2n) is 7.34. The number of rotatable bonds is 3. The van der Waals surface area contributed by atoms with Crippen LogP contribution >= 0.6 is 11.3 Å². The molecule has 0 radical (unpaired) electrons. The number of hydrogen-bond donors (Lipinski definition) is 1. The molecule has 1 unspecified atom stereocenters. The lowest BCUT2D eigenvalue weighted by molar-refractivity contribution is -0.136. The predicted molar refractivity (Wildman–Crippen MR) is 108 cm³/mol. The number of piperidine rings is 1. The van der Waals surface area contributed by atoms with Gasteiger partial charge in [0.15, 0.2) is 0 Å². The van der Waals surface area contributed by atoms with E-state index in [4.69, 9.17) is 0 Å². The molecule has 146 valence electrons. The van der Waals surface area contributed by atoms with Gasteiger partial charge in [-0.1, -0.05) is 6.07 Å². The van der Waals surface area contributed by atoms with E-state index in [1.807, 2.05) is 35.2 Å². The van der Waals surface area contributed by atoms with Crippen LogP contribution in [0.2, 0.25) is 0 Å². The molecule has 7 nitrogen and oxygen atoms in total. The maximum Gasteiger partial charge on any atom is 0.255 e. The van der Waals surface area contributed by atoms with Crippen LogP contribution in [-0.4, -0.2) is 38.2 Å². The summed E-state index contributed by atoms with van der Waals surface area (Å²) in [5, 5.41) is 6.45. The Kier molecular flexibility index (Phi) is 4.09. The number of benzene rings is 1. The van der Waals surface area contributed by atoms with Crippen LogP contribution in [0.25, 0.3) is 22.5 Å². The van der Waals surface area contributed by atoms with Crippen molar-refractivity contribution in [3.63, 3.8) is 0 Å². The van der Waals surface area contributed by atoms with Crippen molar-refractivity contribution in [3.8, 4) is 22.5 Å². The largest absolute Gasteiger partial charge is 0.333 e. The molecule has 0 saturated carbocycles. The summed E-state index contributed by atoms with van der Waals surface area (Å²) in [6, 6.07) is 7.16. The van der Waals surface area contributed by atoms with E-state index in [1.54, 1.807) is 22.6 Å². The molecule has 0 aliphatic carbocycles. The zero-order valence-electron chi connectivity index (χ0n) is 15.7. The van der Waals surface area contributed by atoms with Gasteiger partial charge < -0.3 is 9.47 Å². The molecule has 0 spiro atoms. The number of hydrogen-bond acceptors (Lipinski definition) is 5. The van der Waals surface area contributed by atoms with Gasteiger partial charge in [0.05, 0.1) is 17.7 Å². The van der Waals surface area contributed by atoms with Crippen molar-refractivity contribution in [3.05, 3.63) is 52.5 Å². The van der Waals surface area contributed by atoms with Crippen molar-refractivity contribution < 1.29 is 14.4 Å². The molecule has 2 aliphatic heterocycles. The molecule has 3 aromatic rings. The van der Waals surface area contributed by atoms with E-state index in [9.17, 15) is 14.4 Å². The Morgan fingerprint density at radius 1 is 1.17 bits per heavy atom. The van der Waals surface area contributed by atoms with Crippen LogP contribution < -0.4 is 5.32 Å². The van der Waals surface area contributed by atoms with E-state index in [1.165, 1.54) is 0 Å². The molecule has 2 aromatic heterocycles. The van der Waals surface area contributed by atoms with E-state index in [2.05, 4.69) is 21.7 Å². The number of amides is 3. The maximum absolute atomic E-state index is 12.9. The fraction of sp³-hybridized carbons (Fsp3) is 0.238. The minimum atomic E-state index is -0.604. The number of nitrogens with zero attached hydrogens (tertiary/aromatic N) is 3. The van der Waals surface area contributed by atoms with Crippen LogP contribution in [0, 0.1) is 0 Å². The Labute approximate surface area is 171 Å². The van der Waals surface area contributed by atoms with Crippen LogP contribution in [0.15, 0.2) is 41.4 Å². The number of imide groups is 1. The number of thiophene rings is 1. The van der Waals surface area contributed by atoms with E-state index >= 15 is 0 Å². The summed E-state index contributed by atoms with van der Waals surface area (Å²) in [6.07, 6.45) is 2.40. The Bertz CT molecular complexity index is 1150. The molecule has 3 amide bonds. The van der Waals surface area contributed by atoms with Crippen molar-refractivity contribution in [2.45, 2.75) is 25.4 Å². The number of carbonyl (C=O) groups excluding carboxylic acids is 3. The third kappa shape index (κ3) is 2.87. The molecule has 1 fully saturated rings. The quantitative estimate of drug-likeness (QED) is 0.678. The molecule has 1 atom stereocenters. The summed E-state index contributed by atoms with van der Waals surface area (Å²) in [4.78, 5) is 42.7. The fourth-order valence-corrected chi connectivity index (χ4v) is 4.74. The van der Waals surface area contributed by atoms with Crippen molar-refractivity contribution >= 4 is 29.1 Å². The second-order valence-corrected chi connectivity index (χ2v) is 8.12. The summed E-state index contributed by atoms with van der Waals surface area (Å²) in [5.74, 6) is -0.846. The first-order valence-corrected chi connectivity index (χ1v) is 10.3. The van der Waals surface area contributed by atoms with E-state index in [0.29, 0.717) is 18.5 Å². The van der Waals surface area contributed by atoms with Gasteiger partial charge in [-0.05, 0) is 35.6 Å². The van der Waals surface area contributed by atoms with E-state index < -0.39 is 11.9 Å². The fourth-order valence-electron chi connectivity index (χ4n) is 4.10. The van der Waals surface area contributed by atoms with Crippen molar-refractivity contribution in [2.24, 2.45) is 7.05 Å². The average Bonchev–Trinajstić information content (AvgIpc) is 3.41. The third-order valence-electron chi connectivity index (χ3n) is 5.53. The lowest BCUT2D eigenvalue weighted by atomic mass is 10.0. The van der Waals surface area contributed by atoms with Crippen molar-refractivity contribution in [2.75, 3.05) is 0 Å². The summed E-state index contributed by atoms with van der Waals surface area (Å²) in [7, 11) is 1.96. The second kappa shape index (κ2) is 6.66. The molecule has 1 saturated heterocycles. The zero-order chi connectivity index (χ0) is 20.1. The number of aryl methyl sites for hydroxylation is 1. The Hall–Kier alpha value is -3.26. The highest BCUT2D eigenvalue weighted by Gasteiger charge is 2.39. The Morgan fingerprint density at radius 2 is 2.03 bits per heavy atom. The summed E-state index contributed by atoms with van der Waals surface area (Å²) in [5.41, 5.74) is 5.40. The predicted octanol–water partition coefficient (Wildman–Crippen LogP) is 2.58.